The van der Waals surface area contributed by atoms with Gasteiger partial charge in [-0.15, -0.1) is 5.10 Å². The Morgan fingerprint density at radius 3 is 2.48 bits per heavy atom. The van der Waals surface area contributed by atoms with Gasteiger partial charge in [-0.1, -0.05) is 46.9 Å². The molecule has 0 aliphatic carbocycles. The quantitative estimate of drug-likeness (QED) is 0.599. The maximum Gasteiger partial charge on any atom is 0.244 e. The van der Waals surface area contributed by atoms with Crippen LogP contribution in [-0.2, 0) is 6.42 Å². The summed E-state index contributed by atoms with van der Waals surface area (Å²) in [6, 6.07) is 12.9. The Morgan fingerprint density at radius 1 is 0.920 bits per heavy atom. The van der Waals surface area contributed by atoms with Crippen molar-refractivity contribution in [2.75, 3.05) is 17.2 Å². The average molecular weight is 395 g/mol. The number of hydrogen-bond acceptors (Lipinski definition) is 5. The summed E-state index contributed by atoms with van der Waals surface area (Å²) >= 11 is 18.0. The van der Waals surface area contributed by atoms with Gasteiger partial charge >= 0.3 is 0 Å². The second-order valence-electron chi connectivity index (χ2n) is 5.22. The summed E-state index contributed by atoms with van der Waals surface area (Å²) in [5, 5.41) is 16.0. The highest BCUT2D eigenvalue weighted by atomic mass is 35.5. The summed E-state index contributed by atoms with van der Waals surface area (Å²) in [4.78, 5) is 4.37. The Labute approximate surface area is 160 Å². The van der Waals surface area contributed by atoms with E-state index in [0.29, 0.717) is 34.0 Å². The Balaban J connectivity index is 1.61. The topological polar surface area (TPSA) is 62.7 Å². The van der Waals surface area contributed by atoms with Crippen molar-refractivity contribution in [2.24, 2.45) is 0 Å². The molecule has 0 aliphatic heterocycles. The van der Waals surface area contributed by atoms with Crippen LogP contribution < -0.4 is 10.6 Å². The first kappa shape index (κ1) is 17.7. The summed E-state index contributed by atoms with van der Waals surface area (Å²) in [5.41, 5.74) is 1.83. The van der Waals surface area contributed by atoms with Crippen molar-refractivity contribution in [3.8, 4) is 0 Å². The van der Waals surface area contributed by atoms with E-state index in [0.717, 1.165) is 11.4 Å². The highest BCUT2D eigenvalue weighted by molar-refractivity contribution is 6.35. The highest BCUT2D eigenvalue weighted by Crippen LogP contribution is 2.27. The second kappa shape index (κ2) is 8.34. The molecule has 25 heavy (non-hydrogen) atoms. The van der Waals surface area contributed by atoms with Crippen LogP contribution in [0.3, 0.4) is 0 Å². The molecule has 128 valence electrons. The van der Waals surface area contributed by atoms with Crippen molar-refractivity contribution >= 4 is 52.3 Å². The number of nitrogens with one attached hydrogen (secondary N) is 2. The maximum absolute atomic E-state index is 6.14. The third-order valence-corrected chi connectivity index (χ3v) is 4.18. The molecular formula is C17H14Cl3N5. The molecule has 0 saturated carbocycles. The predicted octanol–water partition coefficient (Wildman–Crippen LogP) is 5.23. The van der Waals surface area contributed by atoms with Gasteiger partial charge in [0, 0.05) is 16.6 Å². The number of anilines is 3. The lowest BCUT2D eigenvalue weighted by molar-refractivity contribution is 0.929. The minimum Gasteiger partial charge on any atom is -0.353 e. The fourth-order valence-electron chi connectivity index (χ4n) is 2.14. The monoisotopic (exact) mass is 393 g/mol. The molecule has 2 aromatic carbocycles. The van der Waals surface area contributed by atoms with Crippen molar-refractivity contribution in [3.63, 3.8) is 0 Å². The molecule has 2 N–H and O–H groups in total. The van der Waals surface area contributed by atoms with Crippen molar-refractivity contribution in [2.45, 2.75) is 6.42 Å². The van der Waals surface area contributed by atoms with Gasteiger partial charge < -0.3 is 10.6 Å². The molecule has 0 spiro atoms. The van der Waals surface area contributed by atoms with Crippen LogP contribution in [0.5, 0.6) is 0 Å². The van der Waals surface area contributed by atoms with E-state index in [4.69, 9.17) is 34.8 Å². The van der Waals surface area contributed by atoms with Crippen molar-refractivity contribution < 1.29 is 0 Å². The van der Waals surface area contributed by atoms with Crippen LogP contribution in [0.25, 0.3) is 0 Å². The second-order valence-corrected chi connectivity index (χ2v) is 6.50. The molecule has 0 saturated heterocycles. The molecule has 0 amide bonds. The number of benzene rings is 2. The van der Waals surface area contributed by atoms with Crippen molar-refractivity contribution in [1.82, 2.24) is 15.2 Å². The molecule has 0 aliphatic rings. The van der Waals surface area contributed by atoms with Gasteiger partial charge in [-0.05, 0) is 42.3 Å². The van der Waals surface area contributed by atoms with Gasteiger partial charge in [-0.3, -0.25) is 0 Å². The zero-order valence-corrected chi connectivity index (χ0v) is 15.3. The van der Waals surface area contributed by atoms with E-state index in [1.807, 2.05) is 24.3 Å². The molecule has 3 rings (SSSR count). The summed E-state index contributed by atoms with van der Waals surface area (Å²) in [6.45, 7) is 0.671. The first-order chi connectivity index (χ1) is 12.1. The van der Waals surface area contributed by atoms with Gasteiger partial charge in [-0.2, -0.15) is 10.1 Å². The minimum atomic E-state index is 0.428. The fourth-order valence-corrected chi connectivity index (χ4v) is 2.60. The molecule has 1 heterocycles. The normalized spacial score (nSPS) is 10.5. The zero-order chi connectivity index (χ0) is 17.6. The van der Waals surface area contributed by atoms with Gasteiger partial charge in [0.2, 0.25) is 5.95 Å². The number of rotatable bonds is 6. The van der Waals surface area contributed by atoms with Crippen molar-refractivity contribution in [1.29, 1.82) is 0 Å². The fraction of sp³-hybridized carbons (Fsp3) is 0.118. The first-order valence-corrected chi connectivity index (χ1v) is 8.64. The van der Waals surface area contributed by atoms with E-state index >= 15 is 0 Å². The molecule has 3 aromatic rings. The lowest BCUT2D eigenvalue weighted by atomic mass is 10.1. The summed E-state index contributed by atoms with van der Waals surface area (Å²) in [7, 11) is 0. The van der Waals surface area contributed by atoms with E-state index in [2.05, 4.69) is 25.8 Å². The van der Waals surface area contributed by atoms with E-state index < -0.39 is 0 Å². The molecule has 5 nitrogen and oxygen atoms in total. The molecule has 8 heteroatoms. The number of aromatic nitrogens is 3. The van der Waals surface area contributed by atoms with E-state index in [-0.39, 0.29) is 0 Å². The maximum atomic E-state index is 6.14. The molecule has 1 aromatic heterocycles. The molecule has 0 radical (unpaired) electrons. The van der Waals surface area contributed by atoms with Crippen LogP contribution in [0.4, 0.5) is 17.5 Å². The predicted molar refractivity (Wildman–Crippen MR) is 103 cm³/mol. The molecule has 0 bridgehead atoms. The summed E-state index contributed by atoms with van der Waals surface area (Å²) in [5.74, 6) is 0.949. The Hall–Kier alpha value is -2.08. The van der Waals surface area contributed by atoms with Gasteiger partial charge in [0.05, 0.1) is 16.9 Å². The van der Waals surface area contributed by atoms with E-state index in [1.54, 1.807) is 18.2 Å². The SMILES string of the molecule is Clc1ccc(CCNc2nncc(Nc3cc(Cl)ccc3Cl)n2)cc1. The van der Waals surface area contributed by atoms with E-state index in [1.165, 1.54) is 11.8 Å². The largest absolute Gasteiger partial charge is 0.353 e. The standard InChI is InChI=1S/C17H14Cl3N5/c18-12-3-1-11(2-4-12)7-8-21-17-24-16(10-22-25-17)23-15-9-13(19)5-6-14(15)20/h1-6,9-10H,7-8H2,(H2,21,23,24,25). The first-order valence-electron chi connectivity index (χ1n) is 7.50. The van der Waals surface area contributed by atoms with Gasteiger partial charge in [0.25, 0.3) is 0 Å². The van der Waals surface area contributed by atoms with Crippen LogP contribution in [-0.4, -0.2) is 21.7 Å². The molecule has 0 unspecified atom stereocenters. The lowest BCUT2D eigenvalue weighted by Crippen LogP contribution is -2.09. The number of halogens is 3. The van der Waals surface area contributed by atoms with Crippen LogP contribution in [0.15, 0.2) is 48.7 Å². The smallest absolute Gasteiger partial charge is 0.244 e. The summed E-state index contributed by atoms with van der Waals surface area (Å²) in [6.07, 6.45) is 2.33. The average Bonchev–Trinajstić information content (AvgIpc) is 2.60. The van der Waals surface area contributed by atoms with Crippen LogP contribution in [0, 0.1) is 0 Å². The highest BCUT2D eigenvalue weighted by Gasteiger charge is 2.05. The molecule has 0 fully saturated rings. The van der Waals surface area contributed by atoms with Gasteiger partial charge in [0.15, 0.2) is 5.82 Å². The number of nitrogens with zero attached hydrogens (tertiary/aromatic N) is 3. The van der Waals surface area contributed by atoms with Crippen molar-refractivity contribution in [3.05, 3.63) is 69.3 Å². The lowest BCUT2D eigenvalue weighted by Gasteiger charge is -2.09. The summed E-state index contributed by atoms with van der Waals surface area (Å²) < 4.78 is 0. The third-order valence-electron chi connectivity index (χ3n) is 3.36. The molecular weight excluding hydrogens is 381 g/mol. The van der Waals surface area contributed by atoms with Gasteiger partial charge in [-0.25, -0.2) is 0 Å². The Bertz CT molecular complexity index is 855. The third kappa shape index (κ3) is 5.19. The van der Waals surface area contributed by atoms with E-state index in [9.17, 15) is 0 Å². The zero-order valence-electron chi connectivity index (χ0n) is 13.0. The van der Waals surface area contributed by atoms with Gasteiger partial charge in [0.1, 0.15) is 0 Å². The minimum absolute atomic E-state index is 0.428. The van der Waals surface area contributed by atoms with Crippen LogP contribution in [0.2, 0.25) is 15.1 Å². The molecule has 0 atom stereocenters. The Morgan fingerprint density at radius 2 is 1.68 bits per heavy atom. The van der Waals surface area contributed by atoms with Crippen LogP contribution >= 0.6 is 34.8 Å². The Kier molecular flexibility index (Phi) is 5.91. The van der Waals surface area contributed by atoms with Crippen LogP contribution in [0.1, 0.15) is 5.56 Å². The number of hydrogen-bond donors (Lipinski definition) is 2.